The Balaban J connectivity index is 1.38. The molecular weight excluding hydrogens is 364 g/mol. The van der Waals surface area contributed by atoms with Crippen molar-refractivity contribution in [2.24, 2.45) is 0 Å². The van der Waals surface area contributed by atoms with Crippen molar-refractivity contribution in [1.29, 1.82) is 0 Å². The van der Waals surface area contributed by atoms with Gasteiger partial charge in [0.25, 0.3) is 5.56 Å². The van der Waals surface area contributed by atoms with Gasteiger partial charge < -0.3 is 14.8 Å². The van der Waals surface area contributed by atoms with Gasteiger partial charge in [-0.1, -0.05) is 6.07 Å². The summed E-state index contributed by atoms with van der Waals surface area (Å²) >= 11 is 0. The maximum absolute atomic E-state index is 12.7. The number of hydrogen-bond acceptors (Lipinski definition) is 4. The molecule has 1 fully saturated rings. The van der Waals surface area contributed by atoms with Crippen LogP contribution in [0.4, 0.5) is 5.82 Å². The molecule has 0 atom stereocenters. The number of aromatic nitrogens is 2. The van der Waals surface area contributed by atoms with Gasteiger partial charge in [-0.3, -0.25) is 9.59 Å². The van der Waals surface area contributed by atoms with Crippen molar-refractivity contribution >= 4 is 22.6 Å². The lowest BCUT2D eigenvalue weighted by molar-refractivity contribution is -0.131. The number of aryl methyl sites for hydroxylation is 3. The van der Waals surface area contributed by atoms with E-state index in [0.29, 0.717) is 31.5 Å². The summed E-state index contributed by atoms with van der Waals surface area (Å²) < 4.78 is 0. The Bertz CT molecular complexity index is 1080. The lowest BCUT2D eigenvalue weighted by Crippen LogP contribution is -2.49. The Kier molecular flexibility index (Phi) is 5.34. The van der Waals surface area contributed by atoms with Gasteiger partial charge in [-0.25, -0.2) is 4.98 Å². The number of fused-ring (bicyclic) bond motifs is 1. The molecule has 1 N–H and O–H groups in total. The second-order valence-electron chi connectivity index (χ2n) is 7.70. The summed E-state index contributed by atoms with van der Waals surface area (Å²) in [5.41, 5.74) is 3.76. The van der Waals surface area contributed by atoms with Gasteiger partial charge in [0.15, 0.2) is 0 Å². The number of H-pyrrole nitrogens is 1. The number of nitrogens with zero attached hydrogens (tertiary/aromatic N) is 3. The van der Waals surface area contributed by atoms with Crippen LogP contribution in [0.3, 0.4) is 0 Å². The number of hydrogen-bond donors (Lipinski definition) is 1. The molecule has 3 aromatic rings. The summed E-state index contributed by atoms with van der Waals surface area (Å²) in [5, 5.41) is 1.01. The number of carbonyl (C=O) groups is 1. The number of carbonyl (C=O) groups excluding carboxylic acids is 1. The molecule has 0 spiro atoms. The van der Waals surface area contributed by atoms with Gasteiger partial charge in [-0.2, -0.15) is 0 Å². The zero-order chi connectivity index (χ0) is 20.4. The summed E-state index contributed by atoms with van der Waals surface area (Å²) in [5.74, 6) is 1.05. The molecule has 6 nitrogen and oxygen atoms in total. The number of amides is 1. The molecule has 1 amide bonds. The fourth-order valence-electron chi connectivity index (χ4n) is 3.83. The topological polar surface area (TPSA) is 69.3 Å². The normalized spacial score (nSPS) is 14.4. The maximum Gasteiger partial charge on any atom is 0.251 e. The van der Waals surface area contributed by atoms with Crippen LogP contribution in [0.2, 0.25) is 0 Å². The minimum atomic E-state index is -0.103. The van der Waals surface area contributed by atoms with Crippen molar-refractivity contribution < 1.29 is 4.79 Å². The molecule has 3 heterocycles. The highest BCUT2D eigenvalue weighted by Gasteiger charge is 2.21. The second kappa shape index (κ2) is 8.07. The van der Waals surface area contributed by atoms with E-state index in [1.807, 2.05) is 42.2 Å². The highest BCUT2D eigenvalue weighted by Crippen LogP contribution is 2.18. The molecule has 0 aliphatic carbocycles. The Morgan fingerprint density at radius 3 is 2.55 bits per heavy atom. The molecule has 29 heavy (non-hydrogen) atoms. The van der Waals surface area contributed by atoms with Crippen LogP contribution in [-0.4, -0.2) is 47.0 Å². The summed E-state index contributed by atoms with van der Waals surface area (Å²) in [4.78, 5) is 36.5. The van der Waals surface area contributed by atoms with E-state index in [9.17, 15) is 9.59 Å². The lowest BCUT2D eigenvalue weighted by atomic mass is 10.0. The highest BCUT2D eigenvalue weighted by molar-refractivity contribution is 5.81. The number of anilines is 1. The molecule has 1 aliphatic heterocycles. The van der Waals surface area contributed by atoms with Crippen LogP contribution >= 0.6 is 0 Å². The molecule has 0 unspecified atom stereocenters. The van der Waals surface area contributed by atoms with E-state index in [1.165, 1.54) is 5.56 Å². The molecule has 0 bridgehead atoms. The molecule has 150 valence electrons. The fraction of sp³-hybridized carbons (Fsp3) is 0.348. The van der Waals surface area contributed by atoms with Crippen LogP contribution < -0.4 is 10.5 Å². The van der Waals surface area contributed by atoms with Crippen LogP contribution in [0, 0.1) is 13.8 Å². The van der Waals surface area contributed by atoms with Gasteiger partial charge in [0.05, 0.1) is 0 Å². The minimum Gasteiger partial charge on any atom is -0.353 e. The Labute approximate surface area is 170 Å². The van der Waals surface area contributed by atoms with Crippen LogP contribution in [0.25, 0.3) is 10.9 Å². The number of piperazine rings is 1. The molecule has 6 heteroatoms. The van der Waals surface area contributed by atoms with Gasteiger partial charge in [-0.05, 0) is 67.1 Å². The average molecular weight is 390 g/mol. The van der Waals surface area contributed by atoms with Gasteiger partial charge in [0, 0.05) is 49.9 Å². The molecule has 1 aliphatic rings. The monoisotopic (exact) mass is 390 g/mol. The van der Waals surface area contributed by atoms with E-state index in [1.54, 1.807) is 6.20 Å². The highest BCUT2D eigenvalue weighted by atomic mass is 16.2. The number of nitrogens with one attached hydrogen (secondary N) is 1. The van der Waals surface area contributed by atoms with E-state index in [4.69, 9.17) is 0 Å². The van der Waals surface area contributed by atoms with Crippen LogP contribution in [0.5, 0.6) is 0 Å². The average Bonchev–Trinajstić information content (AvgIpc) is 2.74. The van der Waals surface area contributed by atoms with E-state index in [-0.39, 0.29) is 11.5 Å². The molecule has 1 saturated heterocycles. The zero-order valence-electron chi connectivity index (χ0n) is 16.9. The smallest absolute Gasteiger partial charge is 0.251 e. The molecule has 0 saturated carbocycles. The molecule has 0 radical (unpaired) electrons. The van der Waals surface area contributed by atoms with Crippen LogP contribution in [-0.2, 0) is 11.2 Å². The van der Waals surface area contributed by atoms with E-state index in [0.717, 1.165) is 35.4 Å². The van der Waals surface area contributed by atoms with Gasteiger partial charge in [0.2, 0.25) is 5.91 Å². The quantitative estimate of drug-likeness (QED) is 0.744. The second-order valence-corrected chi connectivity index (χ2v) is 7.70. The third-order valence-electron chi connectivity index (χ3n) is 5.75. The van der Waals surface area contributed by atoms with Crippen LogP contribution in [0.15, 0.2) is 47.4 Å². The number of pyridine rings is 2. The minimum absolute atomic E-state index is 0.102. The molecule has 4 rings (SSSR count). The van der Waals surface area contributed by atoms with E-state index in [2.05, 4.69) is 27.9 Å². The number of rotatable bonds is 4. The van der Waals surface area contributed by atoms with E-state index >= 15 is 0 Å². The number of aromatic amines is 1. The third kappa shape index (κ3) is 4.16. The summed E-state index contributed by atoms with van der Waals surface area (Å²) in [7, 11) is 0. The van der Waals surface area contributed by atoms with E-state index < -0.39 is 0 Å². The predicted molar refractivity (Wildman–Crippen MR) is 115 cm³/mol. The Morgan fingerprint density at radius 2 is 1.83 bits per heavy atom. The van der Waals surface area contributed by atoms with Crippen molar-refractivity contribution in [3.05, 3.63) is 69.6 Å². The molecular formula is C23H26N4O2. The Morgan fingerprint density at radius 1 is 1.07 bits per heavy atom. The fourth-order valence-corrected chi connectivity index (χ4v) is 3.83. The summed E-state index contributed by atoms with van der Waals surface area (Å²) in [6.07, 6.45) is 2.59. The van der Waals surface area contributed by atoms with Gasteiger partial charge >= 0.3 is 0 Å². The first-order valence-corrected chi connectivity index (χ1v) is 10.1. The van der Waals surface area contributed by atoms with Gasteiger partial charge in [-0.15, -0.1) is 0 Å². The summed E-state index contributed by atoms with van der Waals surface area (Å²) in [6.45, 7) is 7.01. The zero-order valence-corrected chi connectivity index (χ0v) is 16.9. The van der Waals surface area contributed by atoms with Crippen molar-refractivity contribution in [2.45, 2.75) is 26.7 Å². The first kappa shape index (κ1) is 19.2. The van der Waals surface area contributed by atoms with Crippen LogP contribution in [0.1, 0.15) is 23.1 Å². The lowest BCUT2D eigenvalue weighted by Gasteiger charge is -2.35. The van der Waals surface area contributed by atoms with Crippen molar-refractivity contribution in [1.82, 2.24) is 14.9 Å². The standard InChI is InChI=1S/C23H26N4O2/c1-16-13-19-15-18(23(29)25-20(19)14-17(16)2)6-7-22(28)27-11-9-26(10-12-27)21-5-3-4-8-24-21/h3-5,8,13-15H,6-7,9-12H2,1-2H3,(H,25,29). The summed E-state index contributed by atoms with van der Waals surface area (Å²) in [6, 6.07) is 11.9. The maximum atomic E-state index is 12.7. The third-order valence-corrected chi connectivity index (χ3v) is 5.75. The Hall–Kier alpha value is -3.15. The SMILES string of the molecule is Cc1cc2cc(CCC(=O)N3CCN(c4ccccn4)CC3)c(=O)[nH]c2cc1C. The van der Waals surface area contributed by atoms with Crippen molar-refractivity contribution in [3.8, 4) is 0 Å². The number of benzene rings is 1. The molecule has 2 aromatic heterocycles. The molecule has 1 aromatic carbocycles. The van der Waals surface area contributed by atoms with Crippen molar-refractivity contribution in [3.63, 3.8) is 0 Å². The first-order valence-electron chi connectivity index (χ1n) is 10.1. The predicted octanol–water partition coefficient (Wildman–Crippen LogP) is 2.82. The largest absolute Gasteiger partial charge is 0.353 e. The van der Waals surface area contributed by atoms with Crippen molar-refractivity contribution in [2.75, 3.05) is 31.1 Å². The first-order chi connectivity index (χ1) is 14.0. The van der Waals surface area contributed by atoms with Gasteiger partial charge in [0.1, 0.15) is 5.82 Å².